The minimum Gasteiger partial charge on any atom is -0.479 e. The fourth-order valence-electron chi connectivity index (χ4n) is 11.9. The van der Waals surface area contributed by atoms with Crippen LogP contribution in [-0.2, 0) is 46.2 Å². The molecular weight excluding hydrogens is 937 g/mol. The zero-order valence-electron chi connectivity index (χ0n) is 43.5. The highest BCUT2D eigenvalue weighted by atomic mass is 16.7. The molecule has 3 heterocycles. The van der Waals surface area contributed by atoms with Gasteiger partial charge in [0.05, 0.1) is 30.5 Å². The van der Waals surface area contributed by atoms with Crippen LogP contribution >= 0.6 is 0 Å². The van der Waals surface area contributed by atoms with E-state index in [1.807, 2.05) is 6.92 Å². The molecule has 16 heteroatoms. The van der Waals surface area contributed by atoms with Crippen molar-refractivity contribution in [1.29, 1.82) is 0 Å². The molecule has 16 nitrogen and oxygen atoms in total. The number of carbonyl (C=O) groups excluding carboxylic acids is 1. The largest absolute Gasteiger partial charge is 0.479 e. The van der Waals surface area contributed by atoms with E-state index in [1.165, 1.54) is 56.1 Å². The summed E-state index contributed by atoms with van der Waals surface area (Å²) >= 11 is 0. The van der Waals surface area contributed by atoms with Gasteiger partial charge < -0.3 is 64.4 Å². The van der Waals surface area contributed by atoms with Gasteiger partial charge in [0.25, 0.3) is 0 Å². The van der Waals surface area contributed by atoms with Crippen LogP contribution in [0.1, 0.15) is 151 Å². The second-order valence-electron chi connectivity index (χ2n) is 22.0. The minimum absolute atomic E-state index is 0.0886. The summed E-state index contributed by atoms with van der Waals surface area (Å²) in [4.78, 5) is 29.4. The number of benzene rings is 2. The Kier molecular flexibility index (Phi) is 23.2. The highest BCUT2D eigenvalue weighted by Gasteiger charge is 2.53. The lowest BCUT2D eigenvalue weighted by atomic mass is 9.76. The highest BCUT2D eigenvalue weighted by molar-refractivity contribution is 5.89. The first-order valence-electron chi connectivity index (χ1n) is 28.0. The van der Waals surface area contributed by atoms with E-state index in [1.54, 1.807) is 37.3 Å². The summed E-state index contributed by atoms with van der Waals surface area (Å²) < 4.78 is 38.2. The number of hydrogen-bond donors (Lipinski definition) is 7. The summed E-state index contributed by atoms with van der Waals surface area (Å²) in [6.07, 6.45) is 1.91. The fourth-order valence-corrected chi connectivity index (χ4v) is 11.9. The van der Waals surface area contributed by atoms with E-state index >= 15 is 0 Å². The third kappa shape index (κ3) is 16.9. The number of carbonyl (C=O) groups is 2. The van der Waals surface area contributed by atoms with Crippen molar-refractivity contribution in [3.05, 3.63) is 71.3 Å². The Bertz CT molecular complexity index is 1890. The standard InChI is InChI=1S/C57H88N2O14/c1-37-32-42(21-16-20-39-24-26-41(27-25-39)35-59-30-15-7-5-3-4-6-14-28-58-29-17-31-59)34-44(51(37)73-56-50(64)49(63)47(61)38(2)68-56)70-57-53(72-55(67)43-22-12-9-13-23-43)52(48(62)46(36-60)71-57)69-45(54(65)66)33-40-18-10-8-11-19-40/h9,12-13,22-27,37-38,40,42,44-53,56-58,60-64H,3-8,10-11,14-21,28-36H2,1-2H3,(H,65,66). The SMILES string of the molecule is CC1CC(CCCc2ccc(CN3CCCCCCCCCNCCC3)cc2)CC(OC2OC(CO)C(O)C(OC(CC3CCCCC3)C(=O)O)C2OC(=O)c2ccccc2)C1OC1OC(C)C(O)C(O)C1O. The molecule has 73 heavy (non-hydrogen) atoms. The van der Waals surface area contributed by atoms with Gasteiger partial charge in [-0.25, -0.2) is 9.59 Å². The highest BCUT2D eigenvalue weighted by Crippen LogP contribution is 2.41. The van der Waals surface area contributed by atoms with Gasteiger partial charge in [0.1, 0.15) is 36.6 Å². The molecule has 2 aromatic carbocycles. The van der Waals surface area contributed by atoms with E-state index in [2.05, 4.69) is 34.5 Å². The van der Waals surface area contributed by atoms with Gasteiger partial charge >= 0.3 is 11.9 Å². The number of aliphatic hydroxyl groups excluding tert-OH is 5. The van der Waals surface area contributed by atoms with Crippen molar-refractivity contribution in [1.82, 2.24) is 10.2 Å². The molecule has 5 aliphatic rings. The average molecular weight is 1030 g/mol. The van der Waals surface area contributed by atoms with Crippen LogP contribution in [0, 0.1) is 17.8 Å². The first kappa shape index (κ1) is 57.6. The lowest BCUT2D eigenvalue weighted by Crippen LogP contribution is -2.64. The van der Waals surface area contributed by atoms with E-state index in [0.29, 0.717) is 6.42 Å². The molecule has 5 fully saturated rings. The zero-order chi connectivity index (χ0) is 51.7. The number of carboxylic acids is 1. The van der Waals surface area contributed by atoms with Crippen LogP contribution in [-0.4, -0.2) is 160 Å². The Hall–Kier alpha value is -3.10. The summed E-state index contributed by atoms with van der Waals surface area (Å²) in [5, 5.41) is 68.9. The van der Waals surface area contributed by atoms with Gasteiger partial charge in [-0.3, -0.25) is 4.90 Å². The van der Waals surface area contributed by atoms with Crippen LogP contribution < -0.4 is 5.32 Å². The summed E-state index contributed by atoms with van der Waals surface area (Å²) in [6, 6.07) is 17.3. The van der Waals surface area contributed by atoms with Gasteiger partial charge in [0, 0.05) is 6.54 Å². The number of rotatable bonds is 18. The zero-order valence-corrected chi connectivity index (χ0v) is 43.5. The lowest BCUT2D eigenvalue weighted by Gasteiger charge is -2.48. The molecule has 7 rings (SSSR count). The molecule has 0 amide bonds. The quantitative estimate of drug-likeness (QED) is 0.0815. The molecule has 15 unspecified atom stereocenters. The number of nitrogens with zero attached hydrogens (tertiary/aromatic N) is 1. The van der Waals surface area contributed by atoms with Crippen LogP contribution in [0.2, 0.25) is 0 Å². The molecule has 0 bridgehead atoms. The molecule has 3 aliphatic heterocycles. The van der Waals surface area contributed by atoms with Gasteiger partial charge in [-0.2, -0.15) is 0 Å². The summed E-state index contributed by atoms with van der Waals surface area (Å²) in [5.41, 5.74) is 2.77. The van der Waals surface area contributed by atoms with Crippen molar-refractivity contribution in [2.75, 3.05) is 32.8 Å². The first-order valence-corrected chi connectivity index (χ1v) is 28.0. The second kappa shape index (κ2) is 29.4. The first-order chi connectivity index (χ1) is 35.4. The maximum atomic E-state index is 13.9. The van der Waals surface area contributed by atoms with Crippen molar-refractivity contribution in [3.8, 4) is 0 Å². The predicted octanol–water partition coefficient (Wildman–Crippen LogP) is 6.29. The molecular formula is C57H88N2O14. The number of aryl methyl sites for hydroxylation is 1. The Morgan fingerprint density at radius 2 is 1.37 bits per heavy atom. The molecule has 3 saturated heterocycles. The van der Waals surface area contributed by atoms with E-state index in [4.69, 9.17) is 28.4 Å². The van der Waals surface area contributed by atoms with Crippen LogP contribution in [0.25, 0.3) is 0 Å². The summed E-state index contributed by atoms with van der Waals surface area (Å²) in [5.74, 6) is -2.00. The topological polar surface area (TPSA) is 226 Å². The molecule has 0 aromatic heterocycles. The number of esters is 1. The minimum atomic E-state index is -1.61. The molecule has 7 N–H and O–H groups in total. The third-order valence-electron chi connectivity index (χ3n) is 16.2. The van der Waals surface area contributed by atoms with Crippen LogP contribution in [0.4, 0.5) is 0 Å². The fraction of sp³-hybridized carbons (Fsp3) is 0.754. The van der Waals surface area contributed by atoms with E-state index in [0.717, 1.165) is 96.9 Å². The Balaban J connectivity index is 1.08. The van der Waals surface area contributed by atoms with E-state index in [-0.39, 0.29) is 29.7 Å². The number of hydrogen-bond acceptors (Lipinski definition) is 15. The molecule has 410 valence electrons. The van der Waals surface area contributed by atoms with Crippen molar-refractivity contribution < 1.29 is 68.6 Å². The number of aliphatic hydroxyl groups is 5. The average Bonchev–Trinajstić information content (AvgIpc) is 3.39. The van der Waals surface area contributed by atoms with E-state index in [9.17, 15) is 40.2 Å². The predicted molar refractivity (Wildman–Crippen MR) is 273 cm³/mol. The molecule has 2 aliphatic carbocycles. The maximum Gasteiger partial charge on any atom is 0.338 e. The Morgan fingerprint density at radius 3 is 2.10 bits per heavy atom. The van der Waals surface area contributed by atoms with Gasteiger partial charge in [-0.05, 0) is 125 Å². The maximum absolute atomic E-state index is 13.9. The van der Waals surface area contributed by atoms with Crippen LogP contribution in [0.3, 0.4) is 0 Å². The van der Waals surface area contributed by atoms with Crippen molar-refractivity contribution >= 4 is 11.9 Å². The smallest absolute Gasteiger partial charge is 0.338 e. The van der Waals surface area contributed by atoms with Crippen molar-refractivity contribution in [2.45, 2.75) is 222 Å². The number of aliphatic carboxylic acids is 1. The second-order valence-corrected chi connectivity index (χ2v) is 22.0. The third-order valence-corrected chi connectivity index (χ3v) is 16.2. The number of nitrogens with one attached hydrogen (secondary N) is 1. The summed E-state index contributed by atoms with van der Waals surface area (Å²) in [7, 11) is 0. The lowest BCUT2D eigenvalue weighted by molar-refractivity contribution is -0.349. The van der Waals surface area contributed by atoms with Gasteiger partial charge in [0.15, 0.2) is 24.8 Å². The van der Waals surface area contributed by atoms with Crippen molar-refractivity contribution in [2.24, 2.45) is 17.8 Å². The van der Waals surface area contributed by atoms with Crippen LogP contribution in [0.5, 0.6) is 0 Å². The van der Waals surface area contributed by atoms with E-state index < -0.39 is 98.3 Å². The van der Waals surface area contributed by atoms with Gasteiger partial charge in [-0.1, -0.05) is 120 Å². The normalized spacial score (nSPS) is 34.3. The molecule has 0 radical (unpaired) electrons. The van der Waals surface area contributed by atoms with Crippen LogP contribution in [0.15, 0.2) is 54.6 Å². The number of carboxylic acid groups (broad SMARTS) is 1. The monoisotopic (exact) mass is 1020 g/mol. The van der Waals surface area contributed by atoms with Gasteiger partial charge in [-0.15, -0.1) is 0 Å². The Morgan fingerprint density at radius 1 is 0.699 bits per heavy atom. The Labute approximate surface area is 433 Å². The molecule has 15 atom stereocenters. The molecule has 2 saturated carbocycles. The van der Waals surface area contributed by atoms with Crippen molar-refractivity contribution in [3.63, 3.8) is 0 Å². The summed E-state index contributed by atoms with van der Waals surface area (Å²) in [6.45, 7) is 8.22. The number of ether oxygens (including phenoxy) is 6. The molecule has 0 spiro atoms. The van der Waals surface area contributed by atoms with Gasteiger partial charge in [0.2, 0.25) is 0 Å². The molecule has 2 aromatic rings.